The van der Waals surface area contributed by atoms with Crippen molar-refractivity contribution in [2.75, 3.05) is 5.75 Å². The highest BCUT2D eigenvalue weighted by Gasteiger charge is 2.59. The minimum Gasteiger partial charge on any atom is -0.352 e. The highest BCUT2D eigenvalue weighted by atomic mass is 32.1. The average Bonchev–Trinajstić information content (AvgIpc) is 2.64. The van der Waals surface area contributed by atoms with E-state index in [0.29, 0.717) is 23.6 Å². The summed E-state index contributed by atoms with van der Waals surface area (Å²) in [4.78, 5) is 11.7. The number of carbonyl (C=O) groups is 1. The minimum atomic E-state index is 0.168. The van der Waals surface area contributed by atoms with Crippen LogP contribution in [0.1, 0.15) is 46.5 Å². The molecule has 2 aliphatic carbocycles. The first-order valence-electron chi connectivity index (χ1n) is 6.30. The number of thiol groups is 1. The third-order valence-electron chi connectivity index (χ3n) is 4.91. The lowest BCUT2D eigenvalue weighted by molar-refractivity contribution is -0.123. The van der Waals surface area contributed by atoms with Gasteiger partial charge in [0.1, 0.15) is 0 Å². The molecule has 0 spiro atoms. The Labute approximate surface area is 104 Å². The van der Waals surface area contributed by atoms with Gasteiger partial charge in [0.25, 0.3) is 0 Å². The van der Waals surface area contributed by atoms with E-state index in [2.05, 4.69) is 38.7 Å². The van der Waals surface area contributed by atoms with Crippen molar-refractivity contribution in [1.82, 2.24) is 5.32 Å². The first-order valence-corrected chi connectivity index (χ1v) is 6.93. The number of amides is 1. The van der Waals surface area contributed by atoms with Gasteiger partial charge in [0.15, 0.2) is 0 Å². The van der Waals surface area contributed by atoms with Gasteiger partial charge in [-0.25, -0.2) is 0 Å². The smallest absolute Gasteiger partial charge is 0.221 e. The van der Waals surface area contributed by atoms with Crippen LogP contribution in [-0.2, 0) is 4.79 Å². The van der Waals surface area contributed by atoms with E-state index in [-0.39, 0.29) is 11.3 Å². The van der Waals surface area contributed by atoms with Gasteiger partial charge in [-0.1, -0.05) is 20.8 Å². The van der Waals surface area contributed by atoms with Crippen LogP contribution in [0.2, 0.25) is 0 Å². The zero-order chi connectivity index (χ0) is 12.0. The number of hydrogen-bond acceptors (Lipinski definition) is 2. The summed E-state index contributed by atoms with van der Waals surface area (Å²) >= 11 is 4.11. The molecule has 3 atom stereocenters. The molecule has 0 radical (unpaired) electrons. The molecule has 0 aromatic rings. The molecular weight excluding hydrogens is 218 g/mol. The predicted octanol–water partition coefficient (Wildman–Crippen LogP) is 2.64. The zero-order valence-corrected chi connectivity index (χ0v) is 11.4. The molecule has 2 aliphatic rings. The van der Waals surface area contributed by atoms with Crippen LogP contribution in [0.5, 0.6) is 0 Å². The van der Waals surface area contributed by atoms with E-state index < -0.39 is 0 Å². The molecule has 0 heterocycles. The lowest BCUT2D eigenvalue weighted by atomic mass is 9.68. The molecule has 2 bridgehead atoms. The van der Waals surface area contributed by atoms with Crippen LogP contribution in [0.4, 0.5) is 0 Å². The van der Waals surface area contributed by atoms with E-state index in [1.54, 1.807) is 0 Å². The Bertz CT molecular complexity index is 298. The third-order valence-corrected chi connectivity index (χ3v) is 5.14. The second kappa shape index (κ2) is 3.94. The number of hydrogen-bond donors (Lipinski definition) is 2. The normalized spacial score (nSPS) is 40.0. The van der Waals surface area contributed by atoms with Crippen LogP contribution < -0.4 is 5.32 Å². The Morgan fingerprint density at radius 2 is 2.12 bits per heavy atom. The SMILES string of the molecule is CC12CCC(C1)C(C)(C)C2NC(=O)CCS. The molecule has 2 rings (SSSR count). The molecule has 0 aliphatic heterocycles. The van der Waals surface area contributed by atoms with Crippen LogP contribution in [0, 0.1) is 16.7 Å². The summed E-state index contributed by atoms with van der Waals surface area (Å²) < 4.78 is 0. The maximum atomic E-state index is 11.7. The monoisotopic (exact) mass is 241 g/mol. The van der Waals surface area contributed by atoms with Gasteiger partial charge in [-0.3, -0.25) is 4.79 Å². The Balaban J connectivity index is 2.11. The Kier molecular flexibility index (Phi) is 3.02. The summed E-state index contributed by atoms with van der Waals surface area (Å²) in [7, 11) is 0. The quantitative estimate of drug-likeness (QED) is 0.731. The van der Waals surface area contributed by atoms with Crippen molar-refractivity contribution in [1.29, 1.82) is 0 Å². The fourth-order valence-corrected chi connectivity index (χ4v) is 4.20. The average molecular weight is 241 g/mol. The van der Waals surface area contributed by atoms with Crippen molar-refractivity contribution in [3.8, 4) is 0 Å². The van der Waals surface area contributed by atoms with E-state index in [1.165, 1.54) is 19.3 Å². The fraction of sp³-hybridized carbons (Fsp3) is 0.923. The molecule has 1 amide bonds. The largest absolute Gasteiger partial charge is 0.352 e. The first kappa shape index (κ1) is 12.3. The van der Waals surface area contributed by atoms with Gasteiger partial charge < -0.3 is 5.32 Å². The van der Waals surface area contributed by atoms with Crippen LogP contribution in [0.25, 0.3) is 0 Å². The summed E-state index contributed by atoms with van der Waals surface area (Å²) in [5.74, 6) is 1.60. The summed E-state index contributed by atoms with van der Waals surface area (Å²) in [6.45, 7) is 6.97. The van der Waals surface area contributed by atoms with Gasteiger partial charge in [0, 0.05) is 12.5 Å². The lowest BCUT2D eigenvalue weighted by Gasteiger charge is -2.43. The predicted molar refractivity (Wildman–Crippen MR) is 69.6 cm³/mol. The standard InChI is InChI=1S/C13H23NOS/c1-12(2)9-4-6-13(3,8-9)11(12)14-10(15)5-7-16/h9,11,16H,4-8H2,1-3H3,(H,14,15). The number of fused-ring (bicyclic) bond motifs is 2. The molecule has 0 aromatic carbocycles. The van der Waals surface area contributed by atoms with Crippen molar-refractivity contribution in [2.24, 2.45) is 16.7 Å². The molecule has 3 unspecified atom stereocenters. The van der Waals surface area contributed by atoms with Gasteiger partial charge in [-0.15, -0.1) is 0 Å². The Morgan fingerprint density at radius 1 is 1.44 bits per heavy atom. The van der Waals surface area contributed by atoms with E-state index in [1.807, 2.05) is 0 Å². The molecule has 0 aromatic heterocycles. The van der Waals surface area contributed by atoms with Crippen molar-refractivity contribution in [3.05, 3.63) is 0 Å². The van der Waals surface area contributed by atoms with Gasteiger partial charge >= 0.3 is 0 Å². The molecule has 16 heavy (non-hydrogen) atoms. The Morgan fingerprint density at radius 3 is 2.62 bits per heavy atom. The molecule has 0 saturated heterocycles. The maximum Gasteiger partial charge on any atom is 0.221 e. The molecule has 2 fully saturated rings. The highest BCUT2D eigenvalue weighted by molar-refractivity contribution is 7.80. The van der Waals surface area contributed by atoms with Crippen LogP contribution in [0.3, 0.4) is 0 Å². The summed E-state index contributed by atoms with van der Waals surface area (Å²) in [6.07, 6.45) is 4.43. The lowest BCUT2D eigenvalue weighted by Crippen LogP contribution is -2.52. The molecular formula is C13H23NOS. The molecule has 2 saturated carbocycles. The van der Waals surface area contributed by atoms with Gasteiger partial charge in [0.05, 0.1) is 0 Å². The summed E-state index contributed by atoms with van der Waals surface area (Å²) in [5, 5.41) is 3.25. The first-order chi connectivity index (χ1) is 7.40. The van der Waals surface area contributed by atoms with Crippen LogP contribution in [-0.4, -0.2) is 17.7 Å². The number of carbonyl (C=O) groups excluding carboxylic acids is 1. The van der Waals surface area contributed by atoms with Crippen molar-refractivity contribution < 1.29 is 4.79 Å². The highest BCUT2D eigenvalue weighted by Crippen LogP contribution is 2.62. The third kappa shape index (κ3) is 1.77. The second-order valence-electron chi connectivity index (χ2n) is 6.39. The number of rotatable bonds is 3. The molecule has 92 valence electrons. The summed E-state index contributed by atoms with van der Waals surface area (Å²) in [5.41, 5.74) is 0.597. The van der Waals surface area contributed by atoms with E-state index in [0.717, 1.165) is 5.92 Å². The topological polar surface area (TPSA) is 29.1 Å². The van der Waals surface area contributed by atoms with Crippen LogP contribution >= 0.6 is 12.6 Å². The molecule has 1 N–H and O–H groups in total. The fourth-order valence-electron chi connectivity index (χ4n) is 4.00. The molecule has 2 nitrogen and oxygen atoms in total. The second-order valence-corrected chi connectivity index (χ2v) is 6.84. The maximum absolute atomic E-state index is 11.7. The molecule has 3 heteroatoms. The van der Waals surface area contributed by atoms with E-state index in [4.69, 9.17) is 0 Å². The summed E-state index contributed by atoms with van der Waals surface area (Å²) in [6, 6.07) is 0.353. The zero-order valence-electron chi connectivity index (χ0n) is 10.5. The Hall–Kier alpha value is -0.180. The van der Waals surface area contributed by atoms with Gasteiger partial charge in [0.2, 0.25) is 5.91 Å². The van der Waals surface area contributed by atoms with Gasteiger partial charge in [-0.05, 0) is 41.8 Å². The van der Waals surface area contributed by atoms with Crippen molar-refractivity contribution in [2.45, 2.75) is 52.5 Å². The van der Waals surface area contributed by atoms with Crippen molar-refractivity contribution in [3.63, 3.8) is 0 Å². The van der Waals surface area contributed by atoms with Crippen LogP contribution in [0.15, 0.2) is 0 Å². The number of nitrogens with one attached hydrogen (secondary N) is 1. The van der Waals surface area contributed by atoms with E-state index in [9.17, 15) is 4.79 Å². The van der Waals surface area contributed by atoms with Gasteiger partial charge in [-0.2, -0.15) is 12.6 Å². The minimum absolute atomic E-state index is 0.168. The van der Waals surface area contributed by atoms with Crippen molar-refractivity contribution >= 4 is 18.5 Å². The van der Waals surface area contributed by atoms with E-state index >= 15 is 0 Å².